The number of ether oxygens (including phenoxy) is 1. The molecule has 2 heterocycles. The van der Waals surface area contributed by atoms with Gasteiger partial charge in [0, 0.05) is 16.2 Å². The van der Waals surface area contributed by atoms with Gasteiger partial charge in [0.15, 0.2) is 0 Å². The van der Waals surface area contributed by atoms with E-state index in [1.165, 1.54) is 11.3 Å². The molecule has 0 aliphatic heterocycles. The van der Waals surface area contributed by atoms with Crippen LogP contribution < -0.4 is 4.74 Å². The van der Waals surface area contributed by atoms with Crippen LogP contribution in [0.25, 0.3) is 10.2 Å². The summed E-state index contributed by atoms with van der Waals surface area (Å²) in [5, 5.41) is 12.1. The van der Waals surface area contributed by atoms with E-state index in [1.807, 2.05) is 31.2 Å². The lowest BCUT2D eigenvalue weighted by molar-refractivity contribution is 0.0695. The van der Waals surface area contributed by atoms with Crippen molar-refractivity contribution >= 4 is 37.5 Å². The average Bonchev–Trinajstić information content (AvgIpc) is 2.98. The lowest BCUT2D eigenvalue weighted by Crippen LogP contribution is -2.27. The number of methoxy groups -OCH3 is 1. The van der Waals surface area contributed by atoms with Gasteiger partial charge < -0.3 is 9.84 Å². The Morgan fingerprint density at radius 1 is 1.30 bits per heavy atom. The summed E-state index contributed by atoms with van der Waals surface area (Å²) in [6.07, 6.45) is 4.71. The summed E-state index contributed by atoms with van der Waals surface area (Å²) in [5.41, 5.74) is 0.433. The van der Waals surface area contributed by atoms with Crippen molar-refractivity contribution in [3.8, 4) is 5.75 Å². The summed E-state index contributed by atoms with van der Waals surface area (Å²) in [7, 11) is 1.59. The highest BCUT2D eigenvalue weighted by molar-refractivity contribution is 9.10. The van der Waals surface area contributed by atoms with Gasteiger partial charge in [0.05, 0.1) is 23.5 Å². The molecule has 0 aliphatic carbocycles. The van der Waals surface area contributed by atoms with Gasteiger partial charge in [-0.3, -0.25) is 4.98 Å². The van der Waals surface area contributed by atoms with Crippen LogP contribution in [-0.2, 0) is 5.60 Å². The Bertz CT molecular complexity index is 836. The zero-order valence-corrected chi connectivity index (χ0v) is 15.3. The van der Waals surface area contributed by atoms with E-state index in [9.17, 15) is 5.11 Å². The molecule has 2 aromatic heterocycles. The first-order valence-corrected chi connectivity index (χ1v) is 8.96. The van der Waals surface area contributed by atoms with Crippen LogP contribution in [0, 0.1) is 0 Å². The van der Waals surface area contributed by atoms with Crippen LogP contribution >= 0.6 is 27.3 Å². The maximum absolute atomic E-state index is 11.4. The minimum atomic E-state index is -1.16. The first-order valence-electron chi connectivity index (χ1n) is 7.35. The third-order valence-corrected chi connectivity index (χ3v) is 5.40. The molecule has 1 aromatic carbocycles. The Balaban J connectivity index is 2.14. The van der Waals surface area contributed by atoms with Gasteiger partial charge in [-0.15, -0.1) is 11.3 Å². The molecule has 120 valence electrons. The SMILES string of the molecule is CCCC(O)(c1cncc(OC)c1)c1nc2ccc(Br)cc2s1. The molecular formula is C17H17BrN2O2S. The van der Waals surface area contributed by atoms with E-state index in [0.29, 0.717) is 22.7 Å². The Morgan fingerprint density at radius 2 is 2.13 bits per heavy atom. The maximum atomic E-state index is 11.4. The van der Waals surface area contributed by atoms with E-state index >= 15 is 0 Å². The molecule has 1 unspecified atom stereocenters. The van der Waals surface area contributed by atoms with Crippen molar-refractivity contribution < 1.29 is 9.84 Å². The topological polar surface area (TPSA) is 55.2 Å². The maximum Gasteiger partial charge on any atom is 0.143 e. The van der Waals surface area contributed by atoms with Gasteiger partial charge in [0.1, 0.15) is 16.4 Å². The van der Waals surface area contributed by atoms with Crippen LogP contribution in [0.15, 0.2) is 41.1 Å². The van der Waals surface area contributed by atoms with Crippen molar-refractivity contribution in [1.29, 1.82) is 0 Å². The monoisotopic (exact) mass is 392 g/mol. The zero-order chi connectivity index (χ0) is 16.4. The van der Waals surface area contributed by atoms with Gasteiger partial charge in [0.25, 0.3) is 0 Å². The van der Waals surface area contributed by atoms with Gasteiger partial charge >= 0.3 is 0 Å². The number of hydrogen-bond donors (Lipinski definition) is 1. The van der Waals surface area contributed by atoms with Gasteiger partial charge in [-0.25, -0.2) is 4.98 Å². The molecule has 0 aliphatic rings. The molecule has 0 amide bonds. The van der Waals surface area contributed by atoms with E-state index in [2.05, 4.69) is 25.9 Å². The highest BCUT2D eigenvalue weighted by Gasteiger charge is 2.35. The second-order valence-corrected chi connectivity index (χ2v) is 7.30. The van der Waals surface area contributed by atoms with Crippen molar-refractivity contribution in [2.45, 2.75) is 25.4 Å². The quantitative estimate of drug-likeness (QED) is 0.694. The van der Waals surface area contributed by atoms with Crippen LogP contribution in [0.4, 0.5) is 0 Å². The van der Waals surface area contributed by atoms with E-state index in [1.54, 1.807) is 19.5 Å². The van der Waals surface area contributed by atoms with E-state index in [0.717, 1.165) is 21.1 Å². The smallest absolute Gasteiger partial charge is 0.143 e. The molecule has 0 saturated heterocycles. The van der Waals surface area contributed by atoms with Crippen molar-refractivity contribution in [3.63, 3.8) is 0 Å². The number of hydrogen-bond acceptors (Lipinski definition) is 5. The molecule has 0 bridgehead atoms. The van der Waals surface area contributed by atoms with Crippen molar-refractivity contribution in [2.24, 2.45) is 0 Å². The van der Waals surface area contributed by atoms with Gasteiger partial charge in [-0.05, 0) is 30.7 Å². The van der Waals surface area contributed by atoms with Gasteiger partial charge in [-0.2, -0.15) is 0 Å². The van der Waals surface area contributed by atoms with Crippen molar-refractivity contribution in [3.05, 3.63) is 51.7 Å². The van der Waals surface area contributed by atoms with Crippen LogP contribution in [-0.4, -0.2) is 22.2 Å². The number of pyridine rings is 1. The Kier molecular flexibility index (Phi) is 4.66. The second-order valence-electron chi connectivity index (χ2n) is 5.35. The normalized spacial score (nSPS) is 13.9. The summed E-state index contributed by atoms with van der Waals surface area (Å²) in [5.74, 6) is 0.626. The zero-order valence-electron chi connectivity index (χ0n) is 12.9. The molecule has 3 aromatic rings. The minimum Gasteiger partial charge on any atom is -0.495 e. The largest absolute Gasteiger partial charge is 0.495 e. The number of rotatable bonds is 5. The average molecular weight is 393 g/mol. The summed E-state index contributed by atoms with van der Waals surface area (Å²) >= 11 is 4.98. The number of thiazole rings is 1. The molecule has 1 atom stereocenters. The summed E-state index contributed by atoms with van der Waals surface area (Å²) < 4.78 is 7.29. The van der Waals surface area contributed by atoms with Gasteiger partial charge in [-0.1, -0.05) is 29.3 Å². The molecule has 0 radical (unpaired) electrons. The number of benzene rings is 1. The fourth-order valence-electron chi connectivity index (χ4n) is 2.57. The van der Waals surface area contributed by atoms with Crippen LogP contribution in [0.5, 0.6) is 5.75 Å². The predicted octanol–water partition coefficient (Wildman–Crippen LogP) is 4.50. The Labute approximate surface area is 147 Å². The summed E-state index contributed by atoms with van der Waals surface area (Å²) in [6.45, 7) is 2.04. The number of halogens is 1. The fourth-order valence-corrected chi connectivity index (χ4v) is 4.23. The molecule has 0 spiro atoms. The highest BCUT2D eigenvalue weighted by atomic mass is 79.9. The molecule has 6 heteroatoms. The van der Waals surface area contributed by atoms with Crippen molar-refractivity contribution in [1.82, 2.24) is 9.97 Å². The van der Waals surface area contributed by atoms with E-state index in [-0.39, 0.29) is 0 Å². The number of nitrogens with zero attached hydrogens (tertiary/aromatic N) is 2. The third kappa shape index (κ3) is 3.11. The molecule has 1 N–H and O–H groups in total. The number of aliphatic hydroxyl groups is 1. The molecule has 3 rings (SSSR count). The highest BCUT2D eigenvalue weighted by Crippen LogP contribution is 2.39. The van der Waals surface area contributed by atoms with Crippen molar-refractivity contribution in [2.75, 3.05) is 7.11 Å². The first-order chi connectivity index (χ1) is 11.1. The number of aromatic nitrogens is 2. The summed E-state index contributed by atoms with van der Waals surface area (Å²) in [4.78, 5) is 8.84. The second kappa shape index (κ2) is 6.55. The molecule has 23 heavy (non-hydrogen) atoms. The molecule has 0 saturated carbocycles. The van der Waals surface area contributed by atoms with Gasteiger partial charge in [0.2, 0.25) is 0 Å². The lowest BCUT2D eigenvalue weighted by Gasteiger charge is -2.26. The Morgan fingerprint density at radius 3 is 2.87 bits per heavy atom. The first kappa shape index (κ1) is 16.4. The van der Waals surface area contributed by atoms with Crippen LogP contribution in [0.2, 0.25) is 0 Å². The molecule has 4 nitrogen and oxygen atoms in total. The molecular weight excluding hydrogens is 376 g/mol. The van der Waals surface area contributed by atoms with E-state index < -0.39 is 5.60 Å². The Hall–Kier alpha value is -1.50. The van der Waals surface area contributed by atoms with E-state index in [4.69, 9.17) is 4.74 Å². The fraction of sp³-hybridized carbons (Fsp3) is 0.294. The minimum absolute atomic E-state index is 0.572. The van der Waals surface area contributed by atoms with Crippen LogP contribution in [0.3, 0.4) is 0 Å². The lowest BCUT2D eigenvalue weighted by atomic mass is 9.91. The predicted molar refractivity (Wildman–Crippen MR) is 96.0 cm³/mol. The number of fused-ring (bicyclic) bond motifs is 1. The van der Waals surface area contributed by atoms with Crippen LogP contribution in [0.1, 0.15) is 30.3 Å². The molecule has 0 fully saturated rings. The summed E-state index contributed by atoms with van der Waals surface area (Å²) in [6, 6.07) is 7.75. The third-order valence-electron chi connectivity index (χ3n) is 3.74. The standard InChI is InChI=1S/C17H17BrN2O2S/c1-3-6-17(21,11-7-13(22-2)10-19-9-11)16-20-14-5-4-12(18)8-15(14)23-16/h4-5,7-10,21H,3,6H2,1-2H3.